The molecule has 0 saturated heterocycles. The van der Waals surface area contributed by atoms with Crippen molar-refractivity contribution in [3.8, 4) is 11.1 Å². The Morgan fingerprint density at radius 3 is 1.94 bits per heavy atom. The predicted octanol–water partition coefficient (Wildman–Crippen LogP) is 10.7. The molecule has 0 spiro atoms. The Kier molecular flexibility index (Phi) is 9.32. The van der Waals surface area contributed by atoms with Crippen LogP contribution in [-0.4, -0.2) is 0 Å². The molecule has 0 bridgehead atoms. The van der Waals surface area contributed by atoms with E-state index in [4.69, 9.17) is 17.0 Å². The van der Waals surface area contributed by atoms with Gasteiger partial charge in [0.2, 0.25) is 0 Å². The molecule has 1 aliphatic carbocycles. The van der Waals surface area contributed by atoms with Gasteiger partial charge in [-0.3, -0.25) is 0 Å². The van der Waals surface area contributed by atoms with Crippen molar-refractivity contribution in [3.63, 3.8) is 0 Å². The summed E-state index contributed by atoms with van der Waals surface area (Å²) in [6.07, 6.45) is 8.20. The van der Waals surface area contributed by atoms with E-state index < -0.39 is 20.8 Å². The first-order valence-electron chi connectivity index (χ1n) is 12.7. The van der Waals surface area contributed by atoms with Crippen molar-refractivity contribution in [2.45, 2.75) is 97.8 Å². The first-order chi connectivity index (χ1) is 15.9. The molecule has 0 unspecified atom stereocenters. The third-order valence-corrected chi connectivity index (χ3v) is 7.48. The number of hydrogen-bond acceptors (Lipinski definition) is 0. The van der Waals surface area contributed by atoms with Gasteiger partial charge in [0.1, 0.15) is 0 Å². The zero-order valence-electron chi connectivity index (χ0n) is 22.1. The van der Waals surface area contributed by atoms with Crippen LogP contribution in [0.15, 0.2) is 48.5 Å². The maximum absolute atomic E-state index is 4.93. The molecule has 34 heavy (non-hydrogen) atoms. The van der Waals surface area contributed by atoms with Crippen LogP contribution in [0.4, 0.5) is 0 Å². The molecule has 0 aromatic heterocycles. The van der Waals surface area contributed by atoms with Crippen molar-refractivity contribution in [1.29, 1.82) is 0 Å². The van der Waals surface area contributed by atoms with E-state index in [0.29, 0.717) is 5.41 Å². The molecule has 3 aromatic rings. The molecular weight excluding hydrogens is 534 g/mol. The summed E-state index contributed by atoms with van der Waals surface area (Å²) >= 11 is -0.826. The molecule has 1 saturated carbocycles. The van der Waals surface area contributed by atoms with Gasteiger partial charge in [-0.05, 0) is 52.2 Å². The fraction of sp³-hybridized carbons (Fsp3) is 0.516. The minimum absolute atomic E-state index is 0.136. The Balaban J connectivity index is 0.00000103. The number of halogens is 2. The Hall–Kier alpha value is -0.487. The van der Waals surface area contributed by atoms with Gasteiger partial charge in [-0.25, -0.2) is 0 Å². The first-order valence-corrected chi connectivity index (χ1v) is 19.0. The topological polar surface area (TPSA) is 0 Å². The maximum atomic E-state index is 4.93. The van der Waals surface area contributed by atoms with Gasteiger partial charge in [-0.2, -0.15) is 6.07 Å². The van der Waals surface area contributed by atoms with Crippen molar-refractivity contribution < 1.29 is 20.8 Å². The summed E-state index contributed by atoms with van der Waals surface area (Å²) in [5, 5.41) is 2.81. The van der Waals surface area contributed by atoms with E-state index in [-0.39, 0.29) is 10.8 Å². The SMILES string of the molecule is CC1(Cc2cc3c(-c4cc(C(C)(C)C)cc(C(C)(C)C)c4)cccc3[cH-]2)CCCCC1.[Cl][Zr][Cl]. The molecule has 3 aromatic carbocycles. The Bertz CT molecular complexity index is 1060. The zero-order valence-corrected chi connectivity index (χ0v) is 26.1. The van der Waals surface area contributed by atoms with Crippen molar-refractivity contribution in [1.82, 2.24) is 0 Å². The van der Waals surface area contributed by atoms with Crippen molar-refractivity contribution >= 4 is 27.8 Å². The van der Waals surface area contributed by atoms with Crippen LogP contribution in [0.25, 0.3) is 21.9 Å². The van der Waals surface area contributed by atoms with Gasteiger partial charge in [0.25, 0.3) is 0 Å². The monoisotopic (exact) mass is 573 g/mol. The molecule has 0 N–H and O–H groups in total. The van der Waals surface area contributed by atoms with E-state index in [9.17, 15) is 0 Å². The Labute approximate surface area is 226 Å². The van der Waals surface area contributed by atoms with E-state index in [2.05, 4.69) is 97.0 Å². The average molecular weight is 576 g/mol. The first kappa shape index (κ1) is 28.1. The van der Waals surface area contributed by atoms with Gasteiger partial charge in [-0.1, -0.05) is 97.6 Å². The Morgan fingerprint density at radius 1 is 0.853 bits per heavy atom. The summed E-state index contributed by atoms with van der Waals surface area (Å²) in [6, 6.07) is 19.1. The zero-order chi connectivity index (χ0) is 25.1. The summed E-state index contributed by atoms with van der Waals surface area (Å²) in [5.41, 5.74) is 7.87. The summed E-state index contributed by atoms with van der Waals surface area (Å²) in [4.78, 5) is 0. The molecule has 184 valence electrons. The van der Waals surface area contributed by atoms with Gasteiger partial charge in [-0.15, -0.1) is 34.5 Å². The van der Waals surface area contributed by atoms with Gasteiger partial charge < -0.3 is 0 Å². The molecule has 0 heterocycles. The quantitative estimate of drug-likeness (QED) is 0.273. The predicted molar refractivity (Wildman–Crippen MR) is 149 cm³/mol. The molecule has 3 heteroatoms. The standard InChI is InChI=1S/C31H41.2ClH.Zr/c1-29(2,3)25-18-24(19-26(20-25)30(4,5)6)27-13-11-12-23-16-22(17-28(23)27)21-31(7)14-9-8-10-15-31;;;/h11-13,16-20H,8-10,14-15,21H2,1-7H3;2*1H;/q-1;;;+2/p-2. The number of fused-ring (bicyclic) bond motifs is 1. The van der Waals surface area contributed by atoms with Gasteiger partial charge in [0, 0.05) is 0 Å². The van der Waals surface area contributed by atoms with E-state index in [1.165, 1.54) is 77.1 Å². The van der Waals surface area contributed by atoms with Crippen LogP contribution in [-0.2, 0) is 38.1 Å². The molecule has 0 aliphatic heterocycles. The molecule has 0 nitrogen and oxygen atoms in total. The van der Waals surface area contributed by atoms with Crippen LogP contribution in [0.3, 0.4) is 0 Å². The van der Waals surface area contributed by atoms with Crippen molar-refractivity contribution in [3.05, 3.63) is 65.2 Å². The van der Waals surface area contributed by atoms with Gasteiger partial charge >= 0.3 is 37.9 Å². The summed E-state index contributed by atoms with van der Waals surface area (Å²) in [5.74, 6) is 0. The number of benzene rings is 2. The molecular formula is C31H41Cl2Zr-. The van der Waals surface area contributed by atoms with Crippen LogP contribution in [0.1, 0.15) is 97.3 Å². The van der Waals surface area contributed by atoms with Crippen molar-refractivity contribution in [2.24, 2.45) is 5.41 Å². The Morgan fingerprint density at radius 2 is 1.41 bits per heavy atom. The van der Waals surface area contributed by atoms with Crippen LogP contribution < -0.4 is 0 Å². The molecule has 4 rings (SSSR count). The second-order valence-electron chi connectivity index (χ2n) is 12.6. The normalized spacial score (nSPS) is 16.1. The summed E-state index contributed by atoms with van der Waals surface area (Å²) in [7, 11) is 9.87. The number of rotatable bonds is 3. The summed E-state index contributed by atoms with van der Waals surface area (Å²) < 4.78 is 0. The second kappa shape index (κ2) is 11.3. The molecule has 0 atom stereocenters. The van der Waals surface area contributed by atoms with Gasteiger partial charge in [0.15, 0.2) is 0 Å². The molecule has 1 aliphatic rings. The third kappa shape index (κ3) is 7.05. The number of hydrogen-bond donors (Lipinski definition) is 0. The second-order valence-corrected chi connectivity index (χ2v) is 16.3. The fourth-order valence-corrected chi connectivity index (χ4v) is 5.37. The van der Waals surface area contributed by atoms with Crippen LogP contribution in [0.2, 0.25) is 0 Å². The van der Waals surface area contributed by atoms with Crippen LogP contribution in [0.5, 0.6) is 0 Å². The van der Waals surface area contributed by atoms with E-state index >= 15 is 0 Å². The van der Waals surface area contributed by atoms with Crippen LogP contribution >= 0.6 is 17.0 Å². The fourth-order valence-electron chi connectivity index (χ4n) is 5.37. The van der Waals surface area contributed by atoms with Gasteiger partial charge in [0.05, 0.1) is 0 Å². The van der Waals surface area contributed by atoms with E-state index in [1.807, 2.05) is 0 Å². The molecule has 0 amide bonds. The van der Waals surface area contributed by atoms with E-state index in [1.54, 1.807) is 0 Å². The molecule has 1 fully saturated rings. The average Bonchev–Trinajstić information content (AvgIpc) is 3.15. The van der Waals surface area contributed by atoms with Crippen molar-refractivity contribution in [2.75, 3.05) is 0 Å². The third-order valence-electron chi connectivity index (χ3n) is 7.48. The van der Waals surface area contributed by atoms with Crippen LogP contribution in [0, 0.1) is 5.41 Å². The minimum atomic E-state index is -0.826. The van der Waals surface area contributed by atoms with E-state index in [0.717, 1.165) is 0 Å². The molecule has 0 radical (unpaired) electrons. The summed E-state index contributed by atoms with van der Waals surface area (Å²) in [6.45, 7) is 16.5.